The lowest BCUT2D eigenvalue weighted by atomic mass is 9.65. The van der Waals surface area contributed by atoms with Crippen LogP contribution in [0, 0.1) is 0 Å². The molecule has 0 radical (unpaired) electrons. The normalized spacial score (nSPS) is 32.3. The predicted molar refractivity (Wildman–Crippen MR) is 108 cm³/mol. The van der Waals surface area contributed by atoms with Crippen molar-refractivity contribution >= 4 is 0 Å². The van der Waals surface area contributed by atoms with Gasteiger partial charge in [-0.1, -0.05) is 12.5 Å². The molecule has 27 heavy (non-hydrogen) atoms. The number of nitrogens with zero attached hydrogens (tertiary/aromatic N) is 1. The van der Waals surface area contributed by atoms with Crippen LogP contribution in [0.25, 0.3) is 0 Å². The Labute approximate surface area is 163 Å². The highest BCUT2D eigenvalue weighted by molar-refractivity contribution is 5.47. The van der Waals surface area contributed by atoms with Gasteiger partial charge < -0.3 is 19.5 Å². The molecule has 2 saturated carbocycles. The standard InChI is InChI=1S/C23H35NO3/c1-3-26-20-10-9-17(15-21(20)27-19-7-5-4-6-8-19)23-12-11-18(25)16-22(23)24(2)14-13-23/h9-10,15,18-19,22,25H,3-8,11-14,16H2,1-2H3/t18-,22+,23+/m1/s1. The van der Waals surface area contributed by atoms with Gasteiger partial charge in [-0.05, 0) is 89.6 Å². The van der Waals surface area contributed by atoms with Crippen molar-refractivity contribution in [2.45, 2.75) is 88.4 Å². The fourth-order valence-electron chi connectivity index (χ4n) is 5.65. The molecule has 0 unspecified atom stereocenters. The summed E-state index contributed by atoms with van der Waals surface area (Å²) >= 11 is 0. The van der Waals surface area contributed by atoms with Gasteiger partial charge in [0.05, 0.1) is 18.8 Å². The van der Waals surface area contributed by atoms with Crippen LogP contribution in [0.15, 0.2) is 18.2 Å². The highest BCUT2D eigenvalue weighted by Gasteiger charge is 2.50. The molecule has 1 N–H and O–H groups in total. The number of hydrogen-bond acceptors (Lipinski definition) is 4. The van der Waals surface area contributed by atoms with E-state index in [0.717, 1.165) is 56.6 Å². The smallest absolute Gasteiger partial charge is 0.161 e. The van der Waals surface area contributed by atoms with Gasteiger partial charge in [-0.25, -0.2) is 0 Å². The third-order valence-electron chi connectivity index (χ3n) is 7.16. The van der Waals surface area contributed by atoms with Crippen LogP contribution < -0.4 is 9.47 Å². The quantitative estimate of drug-likeness (QED) is 0.836. The van der Waals surface area contributed by atoms with E-state index in [1.165, 1.54) is 24.8 Å². The van der Waals surface area contributed by atoms with E-state index in [4.69, 9.17) is 9.47 Å². The number of likely N-dealkylation sites (N-methyl/N-ethyl adjacent to an activating group) is 1. The molecule has 4 nitrogen and oxygen atoms in total. The van der Waals surface area contributed by atoms with Gasteiger partial charge >= 0.3 is 0 Å². The Balaban J connectivity index is 1.65. The van der Waals surface area contributed by atoms with Crippen LogP contribution in [-0.2, 0) is 5.41 Å². The Kier molecular flexibility index (Phi) is 5.65. The monoisotopic (exact) mass is 373 g/mol. The molecule has 2 aliphatic carbocycles. The molecule has 0 bridgehead atoms. The molecule has 0 aromatic heterocycles. The second-order valence-electron chi connectivity index (χ2n) is 8.80. The summed E-state index contributed by atoms with van der Waals surface area (Å²) in [6.45, 7) is 3.79. The SMILES string of the molecule is CCOc1ccc([C@@]23CC[C@@H](O)C[C@@H]2N(C)CC3)cc1OC1CCCCC1. The number of likely N-dealkylation sites (tertiary alicyclic amines) is 1. The van der Waals surface area contributed by atoms with Crippen molar-refractivity contribution in [2.75, 3.05) is 20.2 Å². The minimum atomic E-state index is -0.163. The average Bonchev–Trinajstić information content (AvgIpc) is 3.02. The Hall–Kier alpha value is -1.26. The lowest BCUT2D eigenvalue weighted by molar-refractivity contribution is 0.0565. The molecule has 4 rings (SSSR count). The van der Waals surface area contributed by atoms with Gasteiger partial charge in [0.2, 0.25) is 0 Å². The first-order chi connectivity index (χ1) is 13.1. The summed E-state index contributed by atoms with van der Waals surface area (Å²) in [5.41, 5.74) is 1.52. The van der Waals surface area contributed by atoms with Gasteiger partial charge in [-0.2, -0.15) is 0 Å². The van der Waals surface area contributed by atoms with Crippen molar-refractivity contribution in [1.82, 2.24) is 4.90 Å². The lowest BCUT2D eigenvalue weighted by Gasteiger charge is -2.43. The van der Waals surface area contributed by atoms with Gasteiger partial charge in [0.25, 0.3) is 0 Å². The van der Waals surface area contributed by atoms with Gasteiger partial charge in [-0.3, -0.25) is 0 Å². The summed E-state index contributed by atoms with van der Waals surface area (Å²) in [6, 6.07) is 7.06. The summed E-state index contributed by atoms with van der Waals surface area (Å²) in [7, 11) is 2.21. The zero-order valence-corrected chi connectivity index (χ0v) is 17.0. The van der Waals surface area contributed by atoms with Crippen molar-refractivity contribution in [1.29, 1.82) is 0 Å². The largest absolute Gasteiger partial charge is 0.490 e. The van der Waals surface area contributed by atoms with Crippen molar-refractivity contribution < 1.29 is 14.6 Å². The zero-order valence-electron chi connectivity index (χ0n) is 17.0. The van der Waals surface area contributed by atoms with Gasteiger partial charge in [0, 0.05) is 11.5 Å². The molecule has 150 valence electrons. The summed E-state index contributed by atoms with van der Waals surface area (Å²) in [6.07, 6.45) is 10.3. The van der Waals surface area contributed by atoms with Crippen LogP contribution in [0.5, 0.6) is 11.5 Å². The van der Waals surface area contributed by atoms with Crippen LogP contribution in [-0.4, -0.2) is 48.5 Å². The summed E-state index contributed by atoms with van der Waals surface area (Å²) < 4.78 is 12.4. The molecular formula is C23H35NO3. The number of ether oxygens (including phenoxy) is 2. The molecule has 1 aliphatic heterocycles. The molecule has 0 amide bonds. The number of hydrogen-bond donors (Lipinski definition) is 1. The number of fused-ring (bicyclic) bond motifs is 1. The van der Waals surface area contributed by atoms with Crippen LogP contribution in [0.2, 0.25) is 0 Å². The molecule has 0 spiro atoms. The van der Waals surface area contributed by atoms with Gasteiger partial charge in [0.15, 0.2) is 11.5 Å². The maximum atomic E-state index is 10.2. The number of rotatable bonds is 5. The maximum absolute atomic E-state index is 10.2. The fourth-order valence-corrected chi connectivity index (χ4v) is 5.65. The molecule has 4 heteroatoms. The highest BCUT2D eigenvalue weighted by atomic mass is 16.5. The van der Waals surface area contributed by atoms with Crippen molar-refractivity contribution in [3.63, 3.8) is 0 Å². The van der Waals surface area contributed by atoms with E-state index in [9.17, 15) is 5.11 Å². The van der Waals surface area contributed by atoms with E-state index in [0.29, 0.717) is 18.8 Å². The third kappa shape index (κ3) is 3.71. The number of benzene rings is 1. The fraction of sp³-hybridized carbons (Fsp3) is 0.739. The first-order valence-electron chi connectivity index (χ1n) is 10.9. The average molecular weight is 374 g/mol. The second-order valence-corrected chi connectivity index (χ2v) is 8.80. The van der Waals surface area contributed by atoms with Crippen LogP contribution in [0.3, 0.4) is 0 Å². The molecule has 1 heterocycles. The van der Waals surface area contributed by atoms with E-state index in [2.05, 4.69) is 30.1 Å². The highest BCUT2D eigenvalue weighted by Crippen LogP contribution is 2.50. The Morgan fingerprint density at radius 1 is 1.11 bits per heavy atom. The second kappa shape index (κ2) is 8.00. The summed E-state index contributed by atoms with van der Waals surface area (Å²) in [5, 5.41) is 10.2. The first kappa shape index (κ1) is 19.1. The van der Waals surface area contributed by atoms with Crippen LogP contribution >= 0.6 is 0 Å². The Morgan fingerprint density at radius 3 is 2.70 bits per heavy atom. The van der Waals surface area contributed by atoms with E-state index < -0.39 is 0 Å². The van der Waals surface area contributed by atoms with E-state index >= 15 is 0 Å². The lowest BCUT2D eigenvalue weighted by Crippen LogP contribution is -2.47. The molecule has 1 aromatic rings. The Bertz CT molecular complexity index is 643. The Morgan fingerprint density at radius 2 is 1.93 bits per heavy atom. The predicted octanol–water partition coefficient (Wildman–Crippen LogP) is 4.28. The van der Waals surface area contributed by atoms with E-state index in [1.807, 2.05) is 6.92 Å². The van der Waals surface area contributed by atoms with E-state index in [1.54, 1.807) is 0 Å². The topological polar surface area (TPSA) is 41.9 Å². The van der Waals surface area contributed by atoms with Gasteiger partial charge in [-0.15, -0.1) is 0 Å². The van der Waals surface area contributed by atoms with Gasteiger partial charge in [0.1, 0.15) is 0 Å². The molecule has 1 saturated heterocycles. The number of aliphatic hydroxyl groups is 1. The molecule has 3 fully saturated rings. The summed E-state index contributed by atoms with van der Waals surface area (Å²) in [5.74, 6) is 1.80. The third-order valence-corrected chi connectivity index (χ3v) is 7.16. The minimum Gasteiger partial charge on any atom is -0.490 e. The van der Waals surface area contributed by atoms with E-state index in [-0.39, 0.29) is 11.5 Å². The molecular weight excluding hydrogens is 338 g/mol. The molecule has 3 atom stereocenters. The number of aliphatic hydroxyl groups excluding tert-OH is 1. The van der Waals surface area contributed by atoms with Crippen molar-refractivity contribution in [2.24, 2.45) is 0 Å². The zero-order chi connectivity index (χ0) is 18.9. The maximum Gasteiger partial charge on any atom is 0.161 e. The molecule has 3 aliphatic rings. The first-order valence-corrected chi connectivity index (χ1v) is 10.9. The van der Waals surface area contributed by atoms with Crippen LogP contribution in [0.1, 0.15) is 70.3 Å². The van der Waals surface area contributed by atoms with Crippen molar-refractivity contribution in [3.8, 4) is 11.5 Å². The van der Waals surface area contributed by atoms with Crippen molar-refractivity contribution in [3.05, 3.63) is 23.8 Å². The summed E-state index contributed by atoms with van der Waals surface area (Å²) in [4.78, 5) is 2.44. The van der Waals surface area contributed by atoms with Crippen LogP contribution in [0.4, 0.5) is 0 Å². The minimum absolute atomic E-state index is 0.142. The molecule has 1 aromatic carbocycles.